The molecule has 64 valence electrons. The molecule has 0 aliphatic heterocycles. The van der Waals surface area contributed by atoms with Gasteiger partial charge in [-0.2, -0.15) is 0 Å². The van der Waals surface area contributed by atoms with Crippen molar-refractivity contribution in [2.45, 2.75) is 27.7 Å². The predicted molar refractivity (Wildman–Crippen MR) is 51.8 cm³/mol. The van der Waals surface area contributed by atoms with E-state index < -0.39 is 0 Å². The summed E-state index contributed by atoms with van der Waals surface area (Å²) in [7, 11) is 0. The Morgan fingerprint density at radius 1 is 0.727 bits per heavy atom. The molecule has 0 aliphatic carbocycles. The fourth-order valence-electron chi connectivity index (χ4n) is 1.34. The van der Waals surface area contributed by atoms with Gasteiger partial charge in [0.1, 0.15) is 0 Å². The van der Waals surface area contributed by atoms with E-state index in [1.54, 1.807) is 0 Å². The Balaban J connectivity index is -0.000000320. The molecule has 0 atom stereocenters. The molecule has 2 N–H and O–H groups in total. The van der Waals surface area contributed by atoms with E-state index in [0.29, 0.717) is 0 Å². The molecule has 0 aliphatic rings. The summed E-state index contributed by atoms with van der Waals surface area (Å²) in [4.78, 5) is 0. The average Bonchev–Trinajstić information content (AvgIpc) is 1.95. The van der Waals surface area contributed by atoms with Crippen LogP contribution in [0.5, 0.6) is 0 Å². The third kappa shape index (κ3) is 4.82. The van der Waals surface area contributed by atoms with Gasteiger partial charge in [0.2, 0.25) is 0 Å². The molecule has 0 spiro atoms. The second kappa shape index (κ2) is 8.55. The minimum absolute atomic E-state index is 0. The maximum Gasteiger partial charge on any atom is 3.00 e. The second-order valence-corrected chi connectivity index (χ2v) is 2.61. The molecule has 0 saturated carbocycles. The molecule has 0 fully saturated rings. The van der Waals surface area contributed by atoms with Crippen LogP contribution in [0.15, 0.2) is 0 Å². The molecular formula is C8H22AlNO+4. The molecule has 0 aromatic rings. The summed E-state index contributed by atoms with van der Waals surface area (Å²) in [5.41, 5.74) is 0. The van der Waals surface area contributed by atoms with Crippen molar-refractivity contribution in [3.8, 4) is 0 Å². The minimum atomic E-state index is 0. The fraction of sp³-hybridized carbons (Fsp3) is 1.00. The number of quaternary nitrogens is 1. The molecule has 0 saturated heterocycles. The number of hydrogen-bond acceptors (Lipinski definition) is 0. The molecule has 2 nitrogen and oxygen atoms in total. The van der Waals surface area contributed by atoms with Crippen LogP contribution in [0, 0.1) is 0 Å². The Morgan fingerprint density at radius 2 is 0.909 bits per heavy atom. The normalized spacial score (nSPS) is 9.82. The summed E-state index contributed by atoms with van der Waals surface area (Å²) in [6, 6.07) is 0. The Kier molecular flexibility index (Phi) is 13.6. The molecule has 0 aromatic heterocycles. The average molecular weight is 175 g/mol. The van der Waals surface area contributed by atoms with E-state index in [1.807, 2.05) is 0 Å². The molecule has 0 aromatic carbocycles. The van der Waals surface area contributed by atoms with E-state index in [9.17, 15) is 0 Å². The van der Waals surface area contributed by atoms with Gasteiger partial charge in [0, 0.05) is 0 Å². The third-order valence-corrected chi connectivity index (χ3v) is 2.68. The van der Waals surface area contributed by atoms with Crippen LogP contribution in [0.3, 0.4) is 0 Å². The first-order valence-corrected chi connectivity index (χ1v) is 4.09. The van der Waals surface area contributed by atoms with Crippen LogP contribution < -0.4 is 0 Å². The van der Waals surface area contributed by atoms with E-state index in [0.717, 1.165) is 0 Å². The van der Waals surface area contributed by atoms with Gasteiger partial charge < -0.3 is 9.96 Å². The van der Waals surface area contributed by atoms with Gasteiger partial charge in [0.25, 0.3) is 0 Å². The van der Waals surface area contributed by atoms with Crippen LogP contribution in [0.1, 0.15) is 27.7 Å². The number of nitrogens with zero attached hydrogens (tertiary/aromatic N) is 1. The summed E-state index contributed by atoms with van der Waals surface area (Å²) in [5, 5.41) is 0. The Bertz CT molecular complexity index is 57.0. The van der Waals surface area contributed by atoms with E-state index in [-0.39, 0.29) is 22.8 Å². The maximum absolute atomic E-state index is 2.27. The topological polar surface area (TPSA) is 31.5 Å². The van der Waals surface area contributed by atoms with Crippen LogP contribution in [0.2, 0.25) is 0 Å². The summed E-state index contributed by atoms with van der Waals surface area (Å²) >= 11 is 0. The molecule has 11 heavy (non-hydrogen) atoms. The summed E-state index contributed by atoms with van der Waals surface area (Å²) in [6.07, 6.45) is 0. The number of hydrogen-bond donors (Lipinski definition) is 0. The van der Waals surface area contributed by atoms with Crippen LogP contribution in [0.25, 0.3) is 0 Å². The SMILES string of the molecule is CC[N+](CC)(CC)CC.O.[Al+3]. The first-order chi connectivity index (χ1) is 4.24. The van der Waals surface area contributed by atoms with Gasteiger partial charge in [-0.1, -0.05) is 0 Å². The molecule has 0 rings (SSSR count). The zero-order chi connectivity index (χ0) is 7.33. The van der Waals surface area contributed by atoms with Crippen molar-refractivity contribution >= 4 is 17.4 Å². The van der Waals surface area contributed by atoms with Crippen molar-refractivity contribution in [3.05, 3.63) is 0 Å². The molecule has 0 amide bonds. The van der Waals surface area contributed by atoms with Crippen molar-refractivity contribution in [1.82, 2.24) is 0 Å². The Labute approximate surface area is 81.6 Å². The van der Waals surface area contributed by atoms with Gasteiger partial charge in [-0.25, -0.2) is 0 Å². The molecule has 0 heterocycles. The van der Waals surface area contributed by atoms with E-state index in [4.69, 9.17) is 0 Å². The van der Waals surface area contributed by atoms with Crippen molar-refractivity contribution in [2.24, 2.45) is 0 Å². The zero-order valence-corrected chi connectivity index (χ0v) is 9.51. The van der Waals surface area contributed by atoms with Gasteiger partial charge in [0.15, 0.2) is 0 Å². The van der Waals surface area contributed by atoms with Gasteiger partial charge in [0.05, 0.1) is 26.2 Å². The summed E-state index contributed by atoms with van der Waals surface area (Å²) < 4.78 is 1.28. The molecule has 0 unspecified atom stereocenters. The molecule has 0 radical (unpaired) electrons. The predicted octanol–water partition coefficient (Wildman–Crippen LogP) is 0.677. The largest absolute Gasteiger partial charge is 3.00 e. The standard InChI is InChI=1S/C8H20N.Al.H2O/c1-5-9(6-2,7-3)8-4;;/h5-8H2,1-4H3;;1H2/q+1;+3;. The van der Waals surface area contributed by atoms with Gasteiger partial charge >= 0.3 is 17.4 Å². The first kappa shape index (κ1) is 17.5. The first-order valence-electron chi connectivity index (χ1n) is 4.09. The summed E-state index contributed by atoms with van der Waals surface area (Å²) in [5.74, 6) is 0. The smallest absolute Gasteiger partial charge is 0.412 e. The monoisotopic (exact) mass is 175 g/mol. The molecular weight excluding hydrogens is 153 g/mol. The molecule has 0 bridgehead atoms. The summed E-state index contributed by atoms with van der Waals surface area (Å²) in [6.45, 7) is 14.2. The van der Waals surface area contributed by atoms with Gasteiger partial charge in [-0.3, -0.25) is 0 Å². The van der Waals surface area contributed by atoms with Crippen LogP contribution in [0.4, 0.5) is 0 Å². The Hall–Kier alpha value is 0.452. The second-order valence-electron chi connectivity index (χ2n) is 2.61. The van der Waals surface area contributed by atoms with Crippen molar-refractivity contribution in [3.63, 3.8) is 0 Å². The van der Waals surface area contributed by atoms with Crippen LogP contribution in [-0.2, 0) is 0 Å². The Morgan fingerprint density at radius 3 is 0.909 bits per heavy atom. The van der Waals surface area contributed by atoms with Crippen LogP contribution >= 0.6 is 0 Å². The number of rotatable bonds is 4. The van der Waals surface area contributed by atoms with E-state index >= 15 is 0 Å². The van der Waals surface area contributed by atoms with Crippen molar-refractivity contribution in [1.29, 1.82) is 0 Å². The maximum atomic E-state index is 2.27. The third-order valence-electron chi connectivity index (χ3n) is 2.68. The van der Waals surface area contributed by atoms with Gasteiger partial charge in [-0.05, 0) is 27.7 Å². The minimum Gasteiger partial charge on any atom is -0.412 e. The van der Waals surface area contributed by atoms with Gasteiger partial charge in [-0.15, -0.1) is 0 Å². The quantitative estimate of drug-likeness (QED) is 0.444. The van der Waals surface area contributed by atoms with Crippen molar-refractivity contribution < 1.29 is 9.96 Å². The van der Waals surface area contributed by atoms with Crippen LogP contribution in [-0.4, -0.2) is 53.5 Å². The van der Waals surface area contributed by atoms with Crippen molar-refractivity contribution in [2.75, 3.05) is 26.2 Å². The van der Waals surface area contributed by atoms with E-state index in [1.165, 1.54) is 30.7 Å². The zero-order valence-electron chi connectivity index (χ0n) is 8.35. The fourth-order valence-corrected chi connectivity index (χ4v) is 1.34. The molecule has 3 heteroatoms. The van der Waals surface area contributed by atoms with E-state index in [2.05, 4.69) is 27.7 Å².